The minimum absolute atomic E-state index is 0.0774. The smallest absolute Gasteiger partial charge is 0.273 e. The summed E-state index contributed by atoms with van der Waals surface area (Å²) in [5.41, 5.74) is 6.09. The molecule has 1 fully saturated rings. The van der Waals surface area contributed by atoms with Crippen LogP contribution >= 0.6 is 11.3 Å². The quantitative estimate of drug-likeness (QED) is 0.910. The highest BCUT2D eigenvalue weighted by Crippen LogP contribution is 2.24. The van der Waals surface area contributed by atoms with Crippen LogP contribution in [0, 0.1) is 5.92 Å². The highest BCUT2D eigenvalue weighted by Gasteiger charge is 2.29. The van der Waals surface area contributed by atoms with Gasteiger partial charge < -0.3 is 10.6 Å². The zero-order valence-corrected chi connectivity index (χ0v) is 11.9. The molecule has 0 unspecified atom stereocenters. The molecule has 0 aliphatic carbocycles. The van der Waals surface area contributed by atoms with Crippen molar-refractivity contribution < 1.29 is 4.79 Å². The van der Waals surface area contributed by atoms with Gasteiger partial charge in [0.15, 0.2) is 0 Å². The normalized spacial score (nSPS) is 24.3. The average Bonchev–Trinajstić information content (AvgIpc) is 2.81. The summed E-state index contributed by atoms with van der Waals surface area (Å²) in [4.78, 5) is 18.8. The number of thiazole rings is 1. The van der Waals surface area contributed by atoms with Crippen LogP contribution < -0.4 is 5.73 Å². The first-order chi connectivity index (χ1) is 8.63. The van der Waals surface area contributed by atoms with Crippen molar-refractivity contribution >= 4 is 17.2 Å². The van der Waals surface area contributed by atoms with E-state index in [4.69, 9.17) is 5.73 Å². The van der Waals surface area contributed by atoms with Crippen molar-refractivity contribution in [3.63, 3.8) is 0 Å². The predicted octanol–water partition coefficient (Wildman–Crippen LogP) is 1.90. The van der Waals surface area contributed by atoms with E-state index < -0.39 is 0 Å². The number of amides is 1. The number of carbonyl (C=O) groups excluding carboxylic acids is 1. The maximum absolute atomic E-state index is 12.4. The third kappa shape index (κ3) is 2.72. The molecule has 2 atom stereocenters. The van der Waals surface area contributed by atoms with E-state index in [0.29, 0.717) is 24.2 Å². The van der Waals surface area contributed by atoms with Gasteiger partial charge in [0.25, 0.3) is 5.91 Å². The van der Waals surface area contributed by atoms with E-state index in [0.717, 1.165) is 24.4 Å². The minimum atomic E-state index is 0.0774. The van der Waals surface area contributed by atoms with Crippen LogP contribution in [0.2, 0.25) is 0 Å². The molecule has 5 heteroatoms. The zero-order chi connectivity index (χ0) is 13.1. The summed E-state index contributed by atoms with van der Waals surface area (Å²) in [5, 5.41) is 2.82. The molecule has 0 saturated carbocycles. The summed E-state index contributed by atoms with van der Waals surface area (Å²) >= 11 is 1.53. The molecule has 1 amide bonds. The summed E-state index contributed by atoms with van der Waals surface area (Å²) in [6.07, 6.45) is 3.06. The standard InChI is InChI=1S/C13H21N3OS/c1-9-4-3-7-16(10(9)2)13(17)11-8-18-12(15-11)5-6-14/h8-10H,3-7,14H2,1-2H3/t9-,10+/m0/s1. The van der Waals surface area contributed by atoms with Crippen LogP contribution in [0.5, 0.6) is 0 Å². The molecule has 2 heterocycles. The number of likely N-dealkylation sites (tertiary alicyclic amines) is 1. The Bertz CT molecular complexity index is 418. The molecular formula is C13H21N3OS. The zero-order valence-electron chi connectivity index (χ0n) is 11.1. The van der Waals surface area contributed by atoms with Crippen molar-refractivity contribution in [3.05, 3.63) is 16.1 Å². The number of aromatic nitrogens is 1. The molecule has 4 nitrogen and oxygen atoms in total. The second-order valence-corrected chi connectivity index (χ2v) is 5.97. The molecule has 1 aromatic rings. The number of hydrogen-bond donors (Lipinski definition) is 1. The van der Waals surface area contributed by atoms with Gasteiger partial charge >= 0.3 is 0 Å². The summed E-state index contributed by atoms with van der Waals surface area (Å²) in [6.45, 7) is 5.78. The van der Waals surface area contributed by atoms with Gasteiger partial charge in [-0.15, -0.1) is 11.3 Å². The molecule has 2 N–H and O–H groups in total. The highest BCUT2D eigenvalue weighted by atomic mass is 32.1. The molecule has 1 aliphatic heterocycles. The Labute approximate surface area is 112 Å². The van der Waals surface area contributed by atoms with Crippen LogP contribution in [0.4, 0.5) is 0 Å². The van der Waals surface area contributed by atoms with E-state index in [1.54, 1.807) is 0 Å². The topological polar surface area (TPSA) is 59.2 Å². The van der Waals surface area contributed by atoms with Crippen LogP contribution in [0.15, 0.2) is 5.38 Å². The lowest BCUT2D eigenvalue weighted by atomic mass is 9.92. The molecule has 0 aromatic carbocycles. The molecule has 1 aromatic heterocycles. The number of hydrogen-bond acceptors (Lipinski definition) is 4. The van der Waals surface area contributed by atoms with Crippen LogP contribution in [0.3, 0.4) is 0 Å². The van der Waals surface area contributed by atoms with Crippen LogP contribution in [-0.2, 0) is 6.42 Å². The van der Waals surface area contributed by atoms with Crippen molar-refractivity contribution in [1.82, 2.24) is 9.88 Å². The fraction of sp³-hybridized carbons (Fsp3) is 0.692. The molecular weight excluding hydrogens is 246 g/mol. The van der Waals surface area contributed by atoms with Crippen LogP contribution in [-0.4, -0.2) is 34.9 Å². The van der Waals surface area contributed by atoms with E-state index >= 15 is 0 Å². The van der Waals surface area contributed by atoms with Gasteiger partial charge in [-0.2, -0.15) is 0 Å². The lowest BCUT2D eigenvalue weighted by Crippen LogP contribution is -2.46. The van der Waals surface area contributed by atoms with Crippen LogP contribution in [0.1, 0.15) is 42.2 Å². The number of carbonyl (C=O) groups is 1. The number of nitrogens with zero attached hydrogens (tertiary/aromatic N) is 2. The summed E-state index contributed by atoms with van der Waals surface area (Å²) in [5.74, 6) is 0.651. The second-order valence-electron chi connectivity index (χ2n) is 5.02. The molecule has 1 aliphatic rings. The van der Waals surface area contributed by atoms with Crippen molar-refractivity contribution in [2.45, 2.75) is 39.2 Å². The fourth-order valence-corrected chi connectivity index (χ4v) is 3.20. The van der Waals surface area contributed by atoms with Crippen molar-refractivity contribution in [2.24, 2.45) is 11.7 Å². The summed E-state index contributed by atoms with van der Waals surface area (Å²) in [6, 6.07) is 0.311. The van der Waals surface area contributed by atoms with Crippen molar-refractivity contribution in [1.29, 1.82) is 0 Å². The summed E-state index contributed by atoms with van der Waals surface area (Å²) < 4.78 is 0. The van der Waals surface area contributed by atoms with Gasteiger partial charge in [-0.05, 0) is 32.2 Å². The largest absolute Gasteiger partial charge is 0.334 e. The van der Waals surface area contributed by atoms with Gasteiger partial charge in [-0.1, -0.05) is 6.92 Å². The SMILES string of the molecule is C[C@@H]1[C@@H](C)CCCN1C(=O)c1csc(CCN)n1. The molecule has 0 spiro atoms. The molecule has 0 bridgehead atoms. The highest BCUT2D eigenvalue weighted by molar-refractivity contribution is 7.09. The Kier molecular flexibility index (Phi) is 4.35. The van der Waals surface area contributed by atoms with E-state index in [1.807, 2.05) is 10.3 Å². The third-order valence-corrected chi connectivity index (χ3v) is 4.67. The fourth-order valence-electron chi connectivity index (χ4n) is 2.42. The van der Waals surface area contributed by atoms with Crippen molar-refractivity contribution in [3.8, 4) is 0 Å². The number of nitrogens with two attached hydrogens (primary N) is 1. The Morgan fingerprint density at radius 1 is 1.61 bits per heavy atom. The van der Waals surface area contributed by atoms with Gasteiger partial charge in [-0.3, -0.25) is 4.79 Å². The van der Waals surface area contributed by atoms with E-state index in [1.165, 1.54) is 17.8 Å². The number of piperidine rings is 1. The third-order valence-electron chi connectivity index (χ3n) is 3.76. The first-order valence-electron chi connectivity index (χ1n) is 6.59. The Balaban J connectivity index is 2.09. The second kappa shape index (κ2) is 5.80. The Morgan fingerprint density at radius 2 is 2.39 bits per heavy atom. The predicted molar refractivity (Wildman–Crippen MR) is 73.8 cm³/mol. The number of rotatable bonds is 3. The first-order valence-corrected chi connectivity index (χ1v) is 7.47. The summed E-state index contributed by atoms with van der Waals surface area (Å²) in [7, 11) is 0. The minimum Gasteiger partial charge on any atom is -0.334 e. The monoisotopic (exact) mass is 267 g/mol. The lowest BCUT2D eigenvalue weighted by Gasteiger charge is -2.37. The lowest BCUT2D eigenvalue weighted by molar-refractivity contribution is 0.0545. The van der Waals surface area contributed by atoms with Gasteiger partial charge in [0.05, 0.1) is 5.01 Å². The van der Waals surface area contributed by atoms with Gasteiger partial charge in [-0.25, -0.2) is 4.98 Å². The molecule has 0 radical (unpaired) electrons. The van der Waals surface area contributed by atoms with Gasteiger partial charge in [0.1, 0.15) is 5.69 Å². The maximum atomic E-state index is 12.4. The molecule has 18 heavy (non-hydrogen) atoms. The van der Waals surface area contributed by atoms with E-state index in [2.05, 4.69) is 18.8 Å². The molecule has 100 valence electrons. The maximum Gasteiger partial charge on any atom is 0.273 e. The average molecular weight is 267 g/mol. The molecule has 2 rings (SSSR count). The Hall–Kier alpha value is -0.940. The van der Waals surface area contributed by atoms with E-state index in [9.17, 15) is 4.79 Å². The van der Waals surface area contributed by atoms with E-state index in [-0.39, 0.29) is 5.91 Å². The van der Waals surface area contributed by atoms with Gasteiger partial charge in [0.2, 0.25) is 0 Å². The first kappa shape index (κ1) is 13.5. The Morgan fingerprint density at radius 3 is 3.11 bits per heavy atom. The molecule has 1 saturated heterocycles. The van der Waals surface area contributed by atoms with Gasteiger partial charge in [0, 0.05) is 24.4 Å². The van der Waals surface area contributed by atoms with Crippen molar-refractivity contribution in [2.75, 3.05) is 13.1 Å². The van der Waals surface area contributed by atoms with Crippen LogP contribution in [0.25, 0.3) is 0 Å².